The van der Waals surface area contributed by atoms with Crippen molar-refractivity contribution in [2.24, 2.45) is 5.92 Å². The van der Waals surface area contributed by atoms with Crippen molar-refractivity contribution in [1.82, 2.24) is 4.98 Å². The maximum absolute atomic E-state index is 13.2. The summed E-state index contributed by atoms with van der Waals surface area (Å²) in [5.41, 5.74) is 2.56. The molecule has 2 heterocycles. The first-order valence-electron chi connectivity index (χ1n) is 11.6. The average molecular weight is 464 g/mol. The Morgan fingerprint density at radius 1 is 1.15 bits per heavy atom. The highest BCUT2D eigenvalue weighted by molar-refractivity contribution is 8.04. The van der Waals surface area contributed by atoms with E-state index in [2.05, 4.69) is 63.9 Å². The number of aliphatic hydroxyl groups excluding tert-OH is 1. The third-order valence-corrected chi connectivity index (χ3v) is 7.78. The number of hydrogen-bond donors (Lipinski definition) is 2. The Morgan fingerprint density at radius 2 is 1.88 bits per heavy atom. The molecule has 4 rings (SSSR count). The minimum Gasteiger partial charge on any atom is -0.511 e. The fourth-order valence-electron chi connectivity index (χ4n) is 4.46. The van der Waals surface area contributed by atoms with Crippen molar-refractivity contribution in [1.29, 1.82) is 0 Å². The van der Waals surface area contributed by atoms with Gasteiger partial charge in [-0.05, 0) is 53.5 Å². The quantitative estimate of drug-likeness (QED) is 0.376. The lowest BCUT2D eigenvalue weighted by molar-refractivity contribution is -0.164. The fourth-order valence-corrected chi connectivity index (χ4v) is 5.66. The van der Waals surface area contributed by atoms with E-state index in [1.165, 1.54) is 17.3 Å². The van der Waals surface area contributed by atoms with E-state index in [4.69, 9.17) is 4.74 Å². The van der Waals surface area contributed by atoms with Gasteiger partial charge in [0, 0.05) is 28.4 Å². The van der Waals surface area contributed by atoms with Crippen LogP contribution in [0, 0.1) is 5.92 Å². The molecule has 1 atom stereocenters. The van der Waals surface area contributed by atoms with Gasteiger partial charge in [0.05, 0.1) is 0 Å². The molecule has 3 aromatic rings. The number of hydrogen-bond acceptors (Lipinski definition) is 4. The third kappa shape index (κ3) is 4.84. The predicted molar refractivity (Wildman–Crippen MR) is 136 cm³/mol. The number of nitrogens with one attached hydrogen (secondary N) is 1. The van der Waals surface area contributed by atoms with Crippen LogP contribution in [0.5, 0.6) is 0 Å². The number of aryl methyl sites for hydroxylation is 1. The second-order valence-corrected chi connectivity index (χ2v) is 11.4. The second kappa shape index (κ2) is 8.94. The van der Waals surface area contributed by atoms with Gasteiger partial charge in [-0.15, -0.1) is 0 Å². The second-order valence-electron chi connectivity index (χ2n) is 10.3. The van der Waals surface area contributed by atoms with E-state index in [0.29, 0.717) is 17.7 Å². The molecule has 0 bridgehead atoms. The van der Waals surface area contributed by atoms with Gasteiger partial charge >= 0.3 is 5.97 Å². The summed E-state index contributed by atoms with van der Waals surface area (Å²) in [6.45, 7) is 10.6. The van der Waals surface area contributed by atoms with E-state index in [-0.39, 0.29) is 17.1 Å². The topological polar surface area (TPSA) is 62.3 Å². The first-order valence-corrected chi connectivity index (χ1v) is 12.4. The van der Waals surface area contributed by atoms with E-state index >= 15 is 0 Å². The maximum Gasteiger partial charge on any atom is 0.349 e. The monoisotopic (exact) mass is 463 g/mol. The first kappa shape index (κ1) is 23.5. The molecule has 0 aliphatic carbocycles. The summed E-state index contributed by atoms with van der Waals surface area (Å²) in [4.78, 5) is 17.8. The molecule has 2 aromatic carbocycles. The molecule has 1 aliphatic rings. The van der Waals surface area contributed by atoms with Crippen LogP contribution in [0.1, 0.15) is 58.6 Å². The molecule has 2 N–H and O–H groups in total. The first-order chi connectivity index (χ1) is 15.6. The Balaban J connectivity index is 1.65. The Labute approximate surface area is 200 Å². The summed E-state index contributed by atoms with van der Waals surface area (Å²) in [6.07, 6.45) is 3.72. The number of esters is 1. The molecule has 174 valence electrons. The molecule has 0 radical (unpaired) electrons. The Bertz CT molecular complexity index is 1190. The van der Waals surface area contributed by atoms with Gasteiger partial charge in [0.2, 0.25) is 0 Å². The van der Waals surface area contributed by atoms with Crippen LogP contribution in [-0.2, 0) is 21.4 Å². The number of rotatable bonds is 6. The molecule has 4 nitrogen and oxygen atoms in total. The van der Waals surface area contributed by atoms with E-state index < -0.39 is 11.6 Å². The molecule has 33 heavy (non-hydrogen) atoms. The van der Waals surface area contributed by atoms with Gasteiger partial charge in [-0.1, -0.05) is 76.7 Å². The summed E-state index contributed by atoms with van der Waals surface area (Å²) in [5.74, 6) is -0.216. The number of fused-ring (bicyclic) bond motifs is 1. The van der Waals surface area contributed by atoms with Crippen molar-refractivity contribution in [2.75, 3.05) is 0 Å². The largest absolute Gasteiger partial charge is 0.511 e. The van der Waals surface area contributed by atoms with E-state index in [0.717, 1.165) is 27.8 Å². The average Bonchev–Trinajstić information content (AvgIpc) is 3.22. The van der Waals surface area contributed by atoms with Gasteiger partial charge in [-0.3, -0.25) is 0 Å². The molecule has 0 spiro atoms. The number of thioether (sulfide) groups is 1. The SMILES string of the molecule is CC(C)C1(CCc2ccccc2)CC(O)=C(Sc2cc3cc[nH]c3cc2C(C)(C)C)C(=O)O1. The molecule has 1 aliphatic heterocycles. The minimum absolute atomic E-state index is 0.0835. The highest BCUT2D eigenvalue weighted by Gasteiger charge is 2.44. The van der Waals surface area contributed by atoms with E-state index in [1.54, 1.807) is 0 Å². The summed E-state index contributed by atoms with van der Waals surface area (Å²) in [7, 11) is 0. The van der Waals surface area contributed by atoms with Gasteiger partial charge in [0.1, 0.15) is 16.3 Å². The summed E-state index contributed by atoms with van der Waals surface area (Å²) >= 11 is 1.32. The van der Waals surface area contributed by atoms with Gasteiger partial charge in [-0.2, -0.15) is 0 Å². The standard InChI is InChI=1S/C28H33NO3S/c1-18(2)28(13-11-19-9-7-6-8-10-19)17-23(30)25(26(31)32-28)33-24-15-20-12-14-29-22(20)16-21(24)27(3,4)5/h6-10,12,14-16,18,29-30H,11,13,17H2,1-5H3. The van der Waals surface area contributed by atoms with Crippen molar-refractivity contribution in [3.63, 3.8) is 0 Å². The normalized spacial score (nSPS) is 19.4. The summed E-state index contributed by atoms with van der Waals surface area (Å²) < 4.78 is 6.13. The molecule has 0 fully saturated rings. The van der Waals surface area contributed by atoms with Gasteiger partial charge in [-0.25, -0.2) is 4.79 Å². The number of cyclic esters (lactones) is 1. The number of carbonyl (C=O) groups is 1. The van der Waals surface area contributed by atoms with Crippen LogP contribution in [0.3, 0.4) is 0 Å². The molecule has 1 unspecified atom stereocenters. The Morgan fingerprint density at radius 3 is 2.52 bits per heavy atom. The Hall–Kier alpha value is -2.66. The molecule has 5 heteroatoms. The van der Waals surface area contributed by atoms with E-state index in [9.17, 15) is 9.90 Å². The van der Waals surface area contributed by atoms with Crippen LogP contribution < -0.4 is 0 Å². The number of benzene rings is 2. The van der Waals surface area contributed by atoms with Crippen LogP contribution in [0.4, 0.5) is 0 Å². The maximum atomic E-state index is 13.2. The van der Waals surface area contributed by atoms with Crippen LogP contribution in [-0.4, -0.2) is 21.7 Å². The lowest BCUT2D eigenvalue weighted by Crippen LogP contribution is -2.44. The lowest BCUT2D eigenvalue weighted by atomic mass is 9.80. The molecule has 1 aromatic heterocycles. The van der Waals surface area contributed by atoms with Crippen molar-refractivity contribution < 1.29 is 14.6 Å². The molecular formula is C28H33NO3S. The fraction of sp³-hybridized carbons (Fsp3) is 0.393. The number of aliphatic hydroxyl groups is 1. The summed E-state index contributed by atoms with van der Waals surface area (Å²) in [6, 6.07) is 16.5. The number of ether oxygens (including phenoxy) is 1. The molecule has 0 saturated carbocycles. The zero-order valence-electron chi connectivity index (χ0n) is 20.1. The number of aromatic amines is 1. The van der Waals surface area contributed by atoms with Gasteiger partial charge < -0.3 is 14.8 Å². The number of H-pyrrole nitrogens is 1. The summed E-state index contributed by atoms with van der Waals surface area (Å²) in [5, 5.41) is 12.2. The van der Waals surface area contributed by atoms with Gasteiger partial charge in [0.25, 0.3) is 0 Å². The van der Waals surface area contributed by atoms with Crippen molar-refractivity contribution in [3.8, 4) is 0 Å². The van der Waals surface area contributed by atoms with Crippen LogP contribution in [0.2, 0.25) is 0 Å². The minimum atomic E-state index is -0.710. The molecular weight excluding hydrogens is 430 g/mol. The zero-order valence-corrected chi connectivity index (χ0v) is 20.9. The zero-order chi connectivity index (χ0) is 23.8. The van der Waals surface area contributed by atoms with Crippen LogP contribution in [0.15, 0.2) is 70.3 Å². The van der Waals surface area contributed by atoms with Crippen molar-refractivity contribution in [2.45, 2.75) is 69.8 Å². The van der Waals surface area contributed by atoms with Crippen LogP contribution >= 0.6 is 11.8 Å². The van der Waals surface area contributed by atoms with Crippen molar-refractivity contribution >= 4 is 28.6 Å². The lowest BCUT2D eigenvalue weighted by Gasteiger charge is -2.40. The third-order valence-electron chi connectivity index (χ3n) is 6.62. The van der Waals surface area contributed by atoms with E-state index in [1.807, 2.05) is 30.5 Å². The smallest absolute Gasteiger partial charge is 0.349 e. The highest BCUT2D eigenvalue weighted by atomic mass is 32.2. The van der Waals surface area contributed by atoms with Crippen LogP contribution in [0.25, 0.3) is 10.9 Å². The van der Waals surface area contributed by atoms with Crippen molar-refractivity contribution in [3.05, 3.63) is 76.5 Å². The Kier molecular flexibility index (Phi) is 6.37. The number of carbonyl (C=O) groups excluding carboxylic acids is 1. The molecule has 0 amide bonds. The van der Waals surface area contributed by atoms with Gasteiger partial charge in [0.15, 0.2) is 0 Å². The molecule has 0 saturated heterocycles. The predicted octanol–water partition coefficient (Wildman–Crippen LogP) is 7.30. The number of aromatic nitrogens is 1. The highest BCUT2D eigenvalue weighted by Crippen LogP contribution is 2.45.